The fourth-order valence-electron chi connectivity index (χ4n) is 1.94. The van der Waals surface area contributed by atoms with Crippen molar-refractivity contribution in [1.29, 1.82) is 0 Å². The summed E-state index contributed by atoms with van der Waals surface area (Å²) in [6.07, 6.45) is 4.91. The molecule has 1 aliphatic heterocycles. The number of piperidine rings is 1. The minimum Gasteiger partial charge on any atom is -0.317 e. The highest BCUT2D eigenvalue weighted by Gasteiger charge is 2.14. The Hall–Kier alpha value is -0.410. The predicted octanol–water partition coefficient (Wildman–Crippen LogP) is 2.25. The number of aryl methyl sites for hydroxylation is 1. The van der Waals surface area contributed by atoms with E-state index in [0.29, 0.717) is 0 Å². The topological polar surface area (TPSA) is 24.9 Å². The molecular formula is C11H18N2S. The largest absolute Gasteiger partial charge is 0.317 e. The van der Waals surface area contributed by atoms with E-state index in [9.17, 15) is 0 Å². The molecule has 0 amide bonds. The van der Waals surface area contributed by atoms with Gasteiger partial charge in [0.1, 0.15) is 0 Å². The number of hydrogen-bond acceptors (Lipinski definition) is 3. The summed E-state index contributed by atoms with van der Waals surface area (Å²) in [5.74, 6) is 0.868. The molecule has 0 atom stereocenters. The van der Waals surface area contributed by atoms with Crippen LogP contribution in [-0.2, 0) is 12.8 Å². The third-order valence-corrected chi connectivity index (χ3v) is 3.80. The minimum atomic E-state index is 0.868. The molecule has 1 aromatic heterocycles. The van der Waals surface area contributed by atoms with Gasteiger partial charge in [0.05, 0.1) is 10.7 Å². The summed E-state index contributed by atoms with van der Waals surface area (Å²) in [7, 11) is 0. The van der Waals surface area contributed by atoms with Crippen LogP contribution in [0.15, 0.2) is 5.38 Å². The molecule has 0 aliphatic carbocycles. The SMILES string of the molecule is CCc1csc(CC2CCNCC2)n1. The lowest BCUT2D eigenvalue weighted by Crippen LogP contribution is -2.28. The maximum Gasteiger partial charge on any atom is 0.0931 e. The van der Waals surface area contributed by atoms with Gasteiger partial charge in [-0.15, -0.1) is 11.3 Å². The molecule has 1 aromatic rings. The summed E-state index contributed by atoms with van der Waals surface area (Å²) in [5, 5.41) is 6.95. The second-order valence-electron chi connectivity index (χ2n) is 3.98. The molecular weight excluding hydrogens is 192 g/mol. The first kappa shape index (κ1) is 10.1. The van der Waals surface area contributed by atoms with Crippen molar-refractivity contribution in [2.45, 2.75) is 32.6 Å². The van der Waals surface area contributed by atoms with Crippen LogP contribution in [0.3, 0.4) is 0 Å². The number of nitrogens with one attached hydrogen (secondary N) is 1. The summed E-state index contributed by atoms with van der Waals surface area (Å²) in [6, 6.07) is 0. The number of nitrogens with zero attached hydrogens (tertiary/aromatic N) is 1. The Morgan fingerprint density at radius 2 is 2.29 bits per heavy atom. The van der Waals surface area contributed by atoms with Crippen molar-refractivity contribution < 1.29 is 0 Å². The first-order chi connectivity index (χ1) is 6.88. The van der Waals surface area contributed by atoms with Gasteiger partial charge in [0.25, 0.3) is 0 Å². The van der Waals surface area contributed by atoms with Crippen molar-refractivity contribution in [3.63, 3.8) is 0 Å². The first-order valence-corrected chi connectivity index (χ1v) is 6.40. The van der Waals surface area contributed by atoms with E-state index in [1.807, 2.05) is 11.3 Å². The standard InChI is InChI=1S/C11H18N2S/c1-2-10-8-14-11(13-10)7-9-3-5-12-6-4-9/h8-9,12H,2-7H2,1H3. The normalized spacial score (nSPS) is 18.6. The average molecular weight is 210 g/mol. The van der Waals surface area contributed by atoms with Gasteiger partial charge in [-0.25, -0.2) is 4.98 Å². The smallest absolute Gasteiger partial charge is 0.0931 e. The lowest BCUT2D eigenvalue weighted by atomic mass is 9.95. The van der Waals surface area contributed by atoms with Crippen molar-refractivity contribution in [3.8, 4) is 0 Å². The summed E-state index contributed by atoms with van der Waals surface area (Å²) in [4.78, 5) is 4.62. The molecule has 3 heteroatoms. The Morgan fingerprint density at radius 1 is 1.50 bits per heavy atom. The highest BCUT2D eigenvalue weighted by molar-refractivity contribution is 7.09. The van der Waals surface area contributed by atoms with Crippen molar-refractivity contribution in [3.05, 3.63) is 16.1 Å². The van der Waals surface area contributed by atoms with E-state index < -0.39 is 0 Å². The average Bonchev–Trinajstić information content (AvgIpc) is 2.67. The third kappa shape index (κ3) is 2.55. The van der Waals surface area contributed by atoms with Gasteiger partial charge in [-0.1, -0.05) is 6.92 Å². The molecule has 1 aliphatic rings. The second kappa shape index (κ2) is 4.89. The van der Waals surface area contributed by atoms with E-state index in [0.717, 1.165) is 12.3 Å². The van der Waals surface area contributed by atoms with Crippen LogP contribution in [-0.4, -0.2) is 18.1 Å². The highest BCUT2D eigenvalue weighted by Crippen LogP contribution is 2.20. The third-order valence-electron chi connectivity index (χ3n) is 2.88. The molecule has 1 saturated heterocycles. The van der Waals surface area contributed by atoms with Crippen molar-refractivity contribution >= 4 is 11.3 Å². The number of rotatable bonds is 3. The lowest BCUT2D eigenvalue weighted by molar-refractivity contribution is 0.372. The fraction of sp³-hybridized carbons (Fsp3) is 0.727. The molecule has 0 bridgehead atoms. The molecule has 78 valence electrons. The summed E-state index contributed by atoms with van der Waals surface area (Å²) < 4.78 is 0. The molecule has 2 nitrogen and oxygen atoms in total. The van der Waals surface area contributed by atoms with Gasteiger partial charge in [0, 0.05) is 11.8 Å². The Bertz CT molecular complexity index is 277. The first-order valence-electron chi connectivity index (χ1n) is 5.52. The highest BCUT2D eigenvalue weighted by atomic mass is 32.1. The van der Waals surface area contributed by atoms with Gasteiger partial charge in [-0.05, 0) is 38.3 Å². The zero-order valence-corrected chi connectivity index (χ0v) is 9.57. The van der Waals surface area contributed by atoms with Gasteiger partial charge < -0.3 is 5.32 Å². The van der Waals surface area contributed by atoms with Crippen LogP contribution in [0.1, 0.15) is 30.5 Å². The quantitative estimate of drug-likeness (QED) is 0.827. The molecule has 1 fully saturated rings. The predicted molar refractivity (Wildman–Crippen MR) is 60.8 cm³/mol. The molecule has 0 saturated carbocycles. The minimum absolute atomic E-state index is 0.868. The van der Waals surface area contributed by atoms with Crippen molar-refractivity contribution in [2.75, 3.05) is 13.1 Å². The van der Waals surface area contributed by atoms with Gasteiger partial charge in [0.15, 0.2) is 0 Å². The summed E-state index contributed by atoms with van der Waals surface area (Å²) in [6.45, 7) is 4.55. The molecule has 0 unspecified atom stereocenters. The van der Waals surface area contributed by atoms with Crippen LogP contribution >= 0.6 is 11.3 Å². The van der Waals surface area contributed by atoms with Crippen molar-refractivity contribution in [2.24, 2.45) is 5.92 Å². The maximum absolute atomic E-state index is 4.62. The molecule has 2 heterocycles. The van der Waals surface area contributed by atoms with E-state index in [2.05, 4.69) is 22.6 Å². The number of thiazole rings is 1. The Kier molecular flexibility index (Phi) is 3.54. The van der Waals surface area contributed by atoms with Crippen LogP contribution < -0.4 is 5.32 Å². The fourth-order valence-corrected chi connectivity index (χ4v) is 2.93. The van der Waals surface area contributed by atoms with Crippen LogP contribution in [0.2, 0.25) is 0 Å². The van der Waals surface area contributed by atoms with Gasteiger partial charge in [-0.2, -0.15) is 0 Å². The Balaban J connectivity index is 1.89. The van der Waals surface area contributed by atoms with E-state index in [4.69, 9.17) is 0 Å². The molecule has 0 radical (unpaired) electrons. The zero-order chi connectivity index (χ0) is 9.80. The van der Waals surface area contributed by atoms with Crippen LogP contribution in [0, 0.1) is 5.92 Å². The Labute approximate surface area is 89.8 Å². The number of aromatic nitrogens is 1. The number of hydrogen-bond donors (Lipinski definition) is 1. The van der Waals surface area contributed by atoms with Gasteiger partial charge >= 0.3 is 0 Å². The second-order valence-corrected chi connectivity index (χ2v) is 4.93. The zero-order valence-electron chi connectivity index (χ0n) is 8.75. The van der Waals surface area contributed by atoms with Gasteiger partial charge in [0.2, 0.25) is 0 Å². The summed E-state index contributed by atoms with van der Waals surface area (Å²) in [5.41, 5.74) is 1.26. The van der Waals surface area contributed by atoms with E-state index in [-0.39, 0.29) is 0 Å². The van der Waals surface area contributed by atoms with Crippen molar-refractivity contribution in [1.82, 2.24) is 10.3 Å². The molecule has 14 heavy (non-hydrogen) atoms. The van der Waals surface area contributed by atoms with Crippen LogP contribution in [0.25, 0.3) is 0 Å². The van der Waals surface area contributed by atoms with Gasteiger partial charge in [-0.3, -0.25) is 0 Å². The lowest BCUT2D eigenvalue weighted by Gasteiger charge is -2.21. The molecule has 0 spiro atoms. The Morgan fingerprint density at radius 3 is 2.93 bits per heavy atom. The van der Waals surface area contributed by atoms with E-state index in [1.165, 1.54) is 43.1 Å². The van der Waals surface area contributed by atoms with E-state index >= 15 is 0 Å². The van der Waals surface area contributed by atoms with E-state index in [1.54, 1.807) is 0 Å². The molecule has 0 aromatic carbocycles. The molecule has 1 N–H and O–H groups in total. The monoisotopic (exact) mass is 210 g/mol. The van der Waals surface area contributed by atoms with Crippen LogP contribution in [0.5, 0.6) is 0 Å². The molecule has 2 rings (SSSR count). The maximum atomic E-state index is 4.62. The summed E-state index contributed by atoms with van der Waals surface area (Å²) >= 11 is 1.84. The van der Waals surface area contributed by atoms with Crippen LogP contribution in [0.4, 0.5) is 0 Å².